The Hall–Kier alpha value is -4.41. The second-order valence-electron chi connectivity index (χ2n) is 14.6. The number of furan rings is 1. The molecule has 4 aromatic carbocycles. The van der Waals surface area contributed by atoms with Crippen LogP contribution in [0, 0.1) is 59.1 Å². The summed E-state index contributed by atoms with van der Waals surface area (Å²) in [5.74, 6) is 0. The SMILES string of the molecule is Cc1c[c-]c(-c2ccc(C)cn2)cc1.[2H]C([2H])(c1cc(-c2[c-]ccc3c2oc2c3ccc3c(C)c(C)sc32)ncc1-c1c(C)cccc1C)C(C)(C)C.[Ir]. The Balaban J connectivity index is 0.000000279. The van der Waals surface area contributed by atoms with E-state index in [0.29, 0.717) is 11.3 Å². The van der Waals surface area contributed by atoms with E-state index in [1.165, 1.54) is 27.0 Å². The number of benzene rings is 4. The van der Waals surface area contributed by atoms with Gasteiger partial charge in [0.1, 0.15) is 5.58 Å². The average molecular weight is 879 g/mol. The molecule has 0 fully saturated rings. The molecule has 4 aromatic heterocycles. The van der Waals surface area contributed by atoms with Crippen LogP contribution in [0.2, 0.25) is 0 Å². The molecule has 5 heteroatoms. The summed E-state index contributed by atoms with van der Waals surface area (Å²) in [7, 11) is 0. The van der Waals surface area contributed by atoms with Crippen LogP contribution >= 0.6 is 11.3 Å². The summed E-state index contributed by atoms with van der Waals surface area (Å²) in [5, 5.41) is 3.32. The van der Waals surface area contributed by atoms with Crippen LogP contribution in [0.4, 0.5) is 0 Å². The van der Waals surface area contributed by atoms with E-state index in [1.54, 1.807) is 11.3 Å². The molecular formula is C47H44IrN2OS-2. The maximum absolute atomic E-state index is 9.28. The smallest absolute Gasteiger partial charge is 0.138 e. The first-order valence-electron chi connectivity index (χ1n) is 18.4. The molecule has 0 saturated heterocycles. The number of nitrogens with zero attached hydrogens (tertiary/aromatic N) is 2. The third kappa shape index (κ3) is 7.41. The number of hydrogen-bond donors (Lipinski definition) is 0. The summed E-state index contributed by atoms with van der Waals surface area (Å²) in [6.45, 7) is 18.4. The van der Waals surface area contributed by atoms with Crippen molar-refractivity contribution in [1.82, 2.24) is 9.97 Å². The number of hydrogen-bond acceptors (Lipinski definition) is 4. The number of aromatic nitrogens is 2. The van der Waals surface area contributed by atoms with Gasteiger partial charge in [0.2, 0.25) is 0 Å². The van der Waals surface area contributed by atoms with Crippen molar-refractivity contribution >= 4 is 43.4 Å². The minimum atomic E-state index is -1.62. The Bertz CT molecular complexity index is 2570. The molecule has 4 heterocycles. The number of thiophene rings is 1. The Kier molecular flexibility index (Phi) is 9.94. The van der Waals surface area contributed by atoms with Gasteiger partial charge in [-0.15, -0.1) is 64.9 Å². The Morgan fingerprint density at radius 3 is 2.12 bits per heavy atom. The molecule has 0 aliphatic carbocycles. The van der Waals surface area contributed by atoms with Crippen LogP contribution in [0.5, 0.6) is 0 Å². The van der Waals surface area contributed by atoms with E-state index in [4.69, 9.17) is 9.40 Å². The van der Waals surface area contributed by atoms with Crippen molar-refractivity contribution in [3.05, 3.63) is 142 Å². The molecule has 0 aliphatic rings. The molecule has 0 unspecified atom stereocenters. The van der Waals surface area contributed by atoms with E-state index >= 15 is 0 Å². The van der Waals surface area contributed by atoms with Gasteiger partial charge >= 0.3 is 0 Å². The summed E-state index contributed by atoms with van der Waals surface area (Å²) < 4.78 is 26.3. The van der Waals surface area contributed by atoms with E-state index in [-0.39, 0.29) is 20.1 Å². The largest absolute Gasteiger partial charge is 0.499 e. The first-order chi connectivity index (χ1) is 25.2. The van der Waals surface area contributed by atoms with Crippen LogP contribution in [0.15, 0.2) is 95.7 Å². The fourth-order valence-corrected chi connectivity index (χ4v) is 7.76. The summed E-state index contributed by atoms with van der Waals surface area (Å²) in [5.41, 5.74) is 12.8. The van der Waals surface area contributed by atoms with Crippen LogP contribution in [0.1, 0.15) is 61.8 Å². The van der Waals surface area contributed by atoms with Gasteiger partial charge in [-0.1, -0.05) is 87.2 Å². The van der Waals surface area contributed by atoms with Crippen LogP contribution in [-0.4, -0.2) is 9.97 Å². The van der Waals surface area contributed by atoms with Gasteiger partial charge in [-0.3, -0.25) is 0 Å². The molecule has 0 N–H and O–H groups in total. The normalized spacial score (nSPS) is 12.3. The summed E-state index contributed by atoms with van der Waals surface area (Å²) in [6.07, 6.45) is 2.10. The second-order valence-corrected chi connectivity index (χ2v) is 15.8. The van der Waals surface area contributed by atoms with Crippen molar-refractivity contribution < 1.29 is 27.3 Å². The Morgan fingerprint density at radius 2 is 1.44 bits per heavy atom. The van der Waals surface area contributed by atoms with Crippen LogP contribution in [0.3, 0.4) is 0 Å². The van der Waals surface area contributed by atoms with Crippen LogP contribution in [0.25, 0.3) is 65.7 Å². The second kappa shape index (κ2) is 14.9. The molecule has 8 rings (SSSR count). The van der Waals surface area contributed by atoms with E-state index in [1.807, 2.05) is 82.6 Å². The van der Waals surface area contributed by atoms with E-state index in [9.17, 15) is 2.74 Å². The number of pyridine rings is 2. The number of rotatable bonds is 4. The average Bonchev–Trinajstić information content (AvgIpc) is 3.65. The predicted molar refractivity (Wildman–Crippen MR) is 217 cm³/mol. The fourth-order valence-electron chi connectivity index (χ4n) is 6.61. The minimum absolute atomic E-state index is 0. The topological polar surface area (TPSA) is 38.9 Å². The monoisotopic (exact) mass is 879 g/mol. The molecule has 0 amide bonds. The molecule has 8 aromatic rings. The van der Waals surface area contributed by atoms with Crippen LogP contribution < -0.4 is 0 Å². The third-order valence-corrected chi connectivity index (χ3v) is 10.5. The van der Waals surface area contributed by atoms with Crippen molar-refractivity contribution in [1.29, 1.82) is 0 Å². The van der Waals surface area contributed by atoms with Crippen molar-refractivity contribution in [2.75, 3.05) is 0 Å². The molecule has 0 saturated carbocycles. The predicted octanol–water partition coefficient (Wildman–Crippen LogP) is 13.3. The van der Waals surface area contributed by atoms with Crippen molar-refractivity contribution in [3.8, 4) is 33.6 Å². The van der Waals surface area contributed by atoms with E-state index < -0.39 is 11.8 Å². The molecule has 52 heavy (non-hydrogen) atoms. The van der Waals surface area contributed by atoms with Gasteiger partial charge in [0.25, 0.3) is 0 Å². The minimum Gasteiger partial charge on any atom is -0.499 e. The molecular weight excluding hydrogens is 833 g/mol. The molecule has 3 nitrogen and oxygen atoms in total. The Morgan fingerprint density at radius 1 is 0.750 bits per heavy atom. The van der Waals surface area contributed by atoms with E-state index in [2.05, 4.69) is 88.1 Å². The van der Waals surface area contributed by atoms with E-state index in [0.717, 1.165) is 65.7 Å². The maximum Gasteiger partial charge on any atom is 0.138 e. The standard InChI is InChI=1S/C34H32NOS.C13H12N.Ir/c1-19-10-8-11-20(2)30(19)28-18-35-29(16-23(28)17-34(5,6)7)27-13-9-12-25-26-15-14-24-21(3)22(4)37-33(24)32(26)36-31(25)27;1-10-3-6-12(7-4-10)13-8-5-11(2)9-14-13;/h8-12,14-16,18H,17H2,1-7H3;3-6,8-9H,1-2H3;/q2*-1;/i17D2;;. The first-order valence-corrected chi connectivity index (χ1v) is 18.2. The van der Waals surface area contributed by atoms with Crippen LogP contribution in [-0.2, 0) is 26.5 Å². The third-order valence-electron chi connectivity index (χ3n) is 9.32. The molecule has 265 valence electrons. The molecule has 0 spiro atoms. The van der Waals surface area contributed by atoms with Gasteiger partial charge in [0, 0.05) is 51.1 Å². The molecule has 0 bridgehead atoms. The number of aryl methyl sites for hydroxylation is 6. The van der Waals surface area contributed by atoms with Gasteiger partial charge in [0.15, 0.2) is 0 Å². The van der Waals surface area contributed by atoms with Gasteiger partial charge in [-0.05, 0) is 96.6 Å². The molecule has 1 radical (unpaired) electrons. The Labute approximate surface area is 328 Å². The van der Waals surface area contributed by atoms with Crippen molar-refractivity contribution in [2.24, 2.45) is 5.41 Å². The first kappa shape index (κ1) is 34.7. The van der Waals surface area contributed by atoms with Gasteiger partial charge < -0.3 is 14.4 Å². The number of fused-ring (bicyclic) bond motifs is 5. The molecule has 0 aliphatic heterocycles. The summed E-state index contributed by atoms with van der Waals surface area (Å²) in [6, 6.07) is 33.2. The van der Waals surface area contributed by atoms with Gasteiger partial charge in [0.05, 0.1) is 10.3 Å². The zero-order chi connectivity index (χ0) is 37.8. The quantitative estimate of drug-likeness (QED) is 0.165. The zero-order valence-corrected chi connectivity index (χ0v) is 34.4. The van der Waals surface area contributed by atoms with Crippen molar-refractivity contribution in [2.45, 2.75) is 68.7 Å². The van der Waals surface area contributed by atoms with Gasteiger partial charge in [-0.25, -0.2) is 0 Å². The fraction of sp³-hybridized carbons (Fsp3) is 0.234. The summed E-state index contributed by atoms with van der Waals surface area (Å²) in [4.78, 5) is 10.6. The van der Waals surface area contributed by atoms with Gasteiger partial charge in [-0.2, -0.15) is 0 Å². The zero-order valence-electron chi connectivity index (χ0n) is 33.2. The molecule has 0 atom stereocenters. The van der Waals surface area contributed by atoms with Crippen molar-refractivity contribution in [3.63, 3.8) is 0 Å². The summed E-state index contributed by atoms with van der Waals surface area (Å²) >= 11 is 1.77. The maximum atomic E-state index is 9.28.